The zero-order valence-electron chi connectivity index (χ0n) is 22.2. The fourth-order valence-corrected chi connectivity index (χ4v) is 3.72. The van der Waals surface area contributed by atoms with E-state index < -0.39 is 23.3 Å². The summed E-state index contributed by atoms with van der Waals surface area (Å²) in [7, 11) is 0. The summed E-state index contributed by atoms with van der Waals surface area (Å²) in [6.45, 7) is 14.6. The maximum absolute atomic E-state index is 13.8. The first-order valence-electron chi connectivity index (χ1n) is 12.0. The SMILES string of the molecule is CCC(C)(C)N(C(=O)CNC(=O)OC(C)(C)C)C(C(=O)Nc1ccccc1C)c1cccc(C)c1. The third-order valence-corrected chi connectivity index (χ3v) is 5.84. The third kappa shape index (κ3) is 7.84. The zero-order valence-corrected chi connectivity index (χ0v) is 22.2. The molecule has 7 nitrogen and oxygen atoms in total. The number of alkyl carbamates (subject to hydrolysis) is 1. The Bertz CT molecular complexity index is 1060. The van der Waals surface area contributed by atoms with Crippen molar-refractivity contribution >= 4 is 23.6 Å². The van der Waals surface area contributed by atoms with Crippen molar-refractivity contribution < 1.29 is 19.1 Å². The zero-order chi connectivity index (χ0) is 26.4. The van der Waals surface area contributed by atoms with Crippen LogP contribution in [0.4, 0.5) is 10.5 Å². The third-order valence-electron chi connectivity index (χ3n) is 5.84. The second-order valence-electron chi connectivity index (χ2n) is 10.4. The molecule has 0 radical (unpaired) electrons. The monoisotopic (exact) mass is 481 g/mol. The van der Waals surface area contributed by atoms with Gasteiger partial charge in [0, 0.05) is 11.2 Å². The minimum absolute atomic E-state index is 0.293. The Labute approximate surface area is 209 Å². The van der Waals surface area contributed by atoms with Gasteiger partial charge in [0.2, 0.25) is 5.91 Å². The number of anilines is 1. The molecule has 0 spiro atoms. The van der Waals surface area contributed by atoms with Crippen molar-refractivity contribution in [3.8, 4) is 0 Å². The minimum Gasteiger partial charge on any atom is -0.444 e. The van der Waals surface area contributed by atoms with Crippen molar-refractivity contribution in [2.24, 2.45) is 0 Å². The van der Waals surface area contributed by atoms with Gasteiger partial charge in [0.05, 0.1) is 0 Å². The molecule has 2 aromatic rings. The summed E-state index contributed by atoms with van der Waals surface area (Å²) < 4.78 is 5.28. The molecule has 2 N–H and O–H groups in total. The number of carbonyl (C=O) groups is 3. The summed E-state index contributed by atoms with van der Waals surface area (Å²) in [6.07, 6.45) is -0.0814. The molecule has 0 fully saturated rings. The summed E-state index contributed by atoms with van der Waals surface area (Å²) in [6, 6.07) is 14.2. The number of hydrogen-bond donors (Lipinski definition) is 2. The van der Waals surface area contributed by atoms with Crippen molar-refractivity contribution in [1.29, 1.82) is 0 Å². The summed E-state index contributed by atoms with van der Waals surface area (Å²) in [5.74, 6) is -0.703. The molecule has 2 rings (SSSR count). The lowest BCUT2D eigenvalue weighted by atomic mass is 9.92. The molecule has 0 saturated carbocycles. The number of nitrogens with zero attached hydrogens (tertiary/aromatic N) is 1. The number of aryl methyl sites for hydroxylation is 2. The number of hydrogen-bond acceptors (Lipinski definition) is 4. The van der Waals surface area contributed by atoms with Gasteiger partial charge in [-0.3, -0.25) is 9.59 Å². The first kappa shape index (κ1) is 27.9. The van der Waals surface area contributed by atoms with E-state index in [1.165, 1.54) is 0 Å². The summed E-state index contributed by atoms with van der Waals surface area (Å²) in [4.78, 5) is 41.2. The fraction of sp³-hybridized carbons (Fsp3) is 0.464. The largest absolute Gasteiger partial charge is 0.444 e. The van der Waals surface area contributed by atoms with Crippen molar-refractivity contribution in [3.05, 3.63) is 65.2 Å². The Hall–Kier alpha value is -3.35. The van der Waals surface area contributed by atoms with Crippen molar-refractivity contribution in [3.63, 3.8) is 0 Å². The predicted molar refractivity (Wildman–Crippen MR) is 139 cm³/mol. The van der Waals surface area contributed by atoms with E-state index in [4.69, 9.17) is 4.74 Å². The summed E-state index contributed by atoms with van der Waals surface area (Å²) >= 11 is 0. The fourth-order valence-electron chi connectivity index (χ4n) is 3.72. The first-order valence-corrected chi connectivity index (χ1v) is 12.0. The molecule has 0 aliphatic rings. The van der Waals surface area contributed by atoms with E-state index in [1.807, 2.05) is 83.1 Å². The highest BCUT2D eigenvalue weighted by molar-refractivity contribution is 5.99. The minimum atomic E-state index is -0.905. The van der Waals surface area contributed by atoms with Crippen LogP contribution in [0.15, 0.2) is 48.5 Å². The highest BCUT2D eigenvalue weighted by Gasteiger charge is 2.40. The van der Waals surface area contributed by atoms with Crippen LogP contribution >= 0.6 is 0 Å². The van der Waals surface area contributed by atoms with E-state index in [-0.39, 0.29) is 18.4 Å². The van der Waals surface area contributed by atoms with Crippen LogP contribution in [0, 0.1) is 13.8 Å². The molecule has 35 heavy (non-hydrogen) atoms. The van der Waals surface area contributed by atoms with Crippen LogP contribution in [-0.2, 0) is 14.3 Å². The maximum atomic E-state index is 13.8. The Kier molecular flexibility index (Phi) is 9.07. The molecule has 190 valence electrons. The summed E-state index contributed by atoms with van der Waals surface area (Å²) in [5, 5.41) is 5.56. The van der Waals surface area contributed by atoms with Crippen molar-refractivity contribution in [1.82, 2.24) is 10.2 Å². The molecule has 0 aliphatic heterocycles. The van der Waals surface area contributed by atoms with Crippen molar-refractivity contribution in [2.45, 2.75) is 79.0 Å². The molecule has 0 bridgehead atoms. The van der Waals surface area contributed by atoms with Gasteiger partial charge in [0.15, 0.2) is 0 Å². The number of nitrogens with one attached hydrogen (secondary N) is 2. The van der Waals surface area contributed by atoms with Crippen LogP contribution in [-0.4, -0.2) is 40.5 Å². The van der Waals surface area contributed by atoms with E-state index in [9.17, 15) is 14.4 Å². The Morgan fingerprint density at radius 3 is 2.20 bits per heavy atom. The predicted octanol–water partition coefficient (Wildman–Crippen LogP) is 5.53. The lowest BCUT2D eigenvalue weighted by molar-refractivity contribution is -0.145. The lowest BCUT2D eigenvalue weighted by Gasteiger charge is -2.43. The lowest BCUT2D eigenvalue weighted by Crippen LogP contribution is -2.55. The van der Waals surface area contributed by atoms with Gasteiger partial charge in [0.1, 0.15) is 18.2 Å². The molecule has 3 amide bonds. The second kappa shape index (κ2) is 11.4. The number of rotatable bonds is 8. The van der Waals surface area contributed by atoms with Gasteiger partial charge in [-0.25, -0.2) is 4.79 Å². The van der Waals surface area contributed by atoms with E-state index >= 15 is 0 Å². The first-order chi connectivity index (χ1) is 16.2. The van der Waals surface area contributed by atoms with Gasteiger partial charge >= 0.3 is 6.09 Å². The van der Waals surface area contributed by atoms with E-state index in [0.29, 0.717) is 17.7 Å². The maximum Gasteiger partial charge on any atom is 0.408 e. The van der Waals surface area contributed by atoms with Gasteiger partial charge in [-0.15, -0.1) is 0 Å². The molecule has 1 atom stereocenters. The second-order valence-corrected chi connectivity index (χ2v) is 10.4. The van der Waals surface area contributed by atoms with Crippen LogP contribution < -0.4 is 10.6 Å². The average molecular weight is 482 g/mol. The summed E-state index contributed by atoms with van der Waals surface area (Å²) in [5.41, 5.74) is 1.91. The van der Waals surface area contributed by atoms with Crippen LogP contribution in [0.25, 0.3) is 0 Å². The average Bonchev–Trinajstić information content (AvgIpc) is 2.76. The Morgan fingerprint density at radius 2 is 1.63 bits per heavy atom. The van der Waals surface area contributed by atoms with E-state index in [1.54, 1.807) is 25.7 Å². The molecule has 0 heterocycles. The number of benzene rings is 2. The molecule has 2 aromatic carbocycles. The number of para-hydroxylation sites is 1. The van der Waals surface area contributed by atoms with Gasteiger partial charge < -0.3 is 20.3 Å². The molecule has 1 unspecified atom stereocenters. The molecule has 7 heteroatoms. The van der Waals surface area contributed by atoms with Crippen LogP contribution in [0.1, 0.15) is 70.7 Å². The standard InChI is InChI=1S/C28H39N3O4/c1-9-28(7,8)31(23(32)18-29-26(34)35-27(4,5)6)24(21-15-12-13-19(2)17-21)25(33)30-22-16-11-10-14-20(22)3/h10-17,24H,9,18H2,1-8H3,(H,29,34)(H,30,33). The van der Waals surface area contributed by atoms with Gasteiger partial charge in [-0.1, -0.05) is 55.0 Å². The highest BCUT2D eigenvalue weighted by Crippen LogP contribution is 2.33. The molecular formula is C28H39N3O4. The quantitative estimate of drug-likeness (QED) is 0.519. The van der Waals surface area contributed by atoms with Crippen LogP contribution in [0.2, 0.25) is 0 Å². The number of carbonyl (C=O) groups excluding carboxylic acids is 3. The van der Waals surface area contributed by atoms with Gasteiger partial charge in [-0.05, 0) is 72.1 Å². The number of ether oxygens (including phenoxy) is 1. The number of amides is 3. The molecular weight excluding hydrogens is 442 g/mol. The topological polar surface area (TPSA) is 87.7 Å². The Balaban J connectivity index is 2.47. The molecule has 0 saturated heterocycles. The van der Waals surface area contributed by atoms with Gasteiger partial charge in [0.25, 0.3) is 5.91 Å². The normalized spacial score (nSPS) is 12.5. The van der Waals surface area contributed by atoms with E-state index in [0.717, 1.165) is 11.1 Å². The smallest absolute Gasteiger partial charge is 0.408 e. The highest BCUT2D eigenvalue weighted by atomic mass is 16.6. The molecule has 0 aromatic heterocycles. The van der Waals surface area contributed by atoms with E-state index in [2.05, 4.69) is 10.6 Å². The van der Waals surface area contributed by atoms with Crippen LogP contribution in [0.3, 0.4) is 0 Å². The van der Waals surface area contributed by atoms with Crippen molar-refractivity contribution in [2.75, 3.05) is 11.9 Å². The van der Waals surface area contributed by atoms with Gasteiger partial charge in [-0.2, -0.15) is 0 Å². The van der Waals surface area contributed by atoms with Crippen LogP contribution in [0.5, 0.6) is 0 Å². The Morgan fingerprint density at radius 1 is 0.971 bits per heavy atom. The molecule has 0 aliphatic carbocycles.